The topological polar surface area (TPSA) is 46.5 Å². The van der Waals surface area contributed by atoms with Gasteiger partial charge in [-0.2, -0.15) is 0 Å². The van der Waals surface area contributed by atoms with E-state index in [0.29, 0.717) is 10.8 Å². The van der Waals surface area contributed by atoms with Crippen molar-refractivity contribution in [1.82, 2.24) is 0 Å². The van der Waals surface area contributed by atoms with Gasteiger partial charge in [-0.3, -0.25) is 0 Å². The summed E-state index contributed by atoms with van der Waals surface area (Å²) in [6.45, 7) is 0.171. The van der Waals surface area contributed by atoms with Gasteiger partial charge < -0.3 is 9.84 Å². The van der Waals surface area contributed by atoms with E-state index in [9.17, 15) is 9.18 Å². The third-order valence-corrected chi connectivity index (χ3v) is 3.40. The van der Waals surface area contributed by atoms with Gasteiger partial charge in [-0.1, -0.05) is 54.6 Å². The SMILES string of the molecule is O=C(O)c1cc2ccccc2c(OCc2ccccc2)c1F. The highest BCUT2D eigenvalue weighted by Crippen LogP contribution is 2.32. The summed E-state index contributed by atoms with van der Waals surface area (Å²) in [6, 6.07) is 17.6. The predicted molar refractivity (Wildman–Crippen MR) is 81.6 cm³/mol. The van der Waals surface area contributed by atoms with Crippen LogP contribution in [-0.2, 0) is 6.61 Å². The number of rotatable bonds is 4. The fourth-order valence-corrected chi connectivity index (χ4v) is 2.32. The molecule has 0 aromatic heterocycles. The third-order valence-electron chi connectivity index (χ3n) is 3.40. The fraction of sp³-hybridized carbons (Fsp3) is 0.0556. The highest BCUT2D eigenvalue weighted by atomic mass is 19.1. The van der Waals surface area contributed by atoms with Gasteiger partial charge in [0.05, 0.1) is 5.56 Å². The fourth-order valence-electron chi connectivity index (χ4n) is 2.32. The van der Waals surface area contributed by atoms with E-state index in [2.05, 4.69) is 0 Å². The number of carbonyl (C=O) groups is 1. The van der Waals surface area contributed by atoms with E-state index in [4.69, 9.17) is 9.84 Å². The number of hydrogen-bond acceptors (Lipinski definition) is 2. The monoisotopic (exact) mass is 296 g/mol. The molecule has 3 aromatic rings. The van der Waals surface area contributed by atoms with Crippen LogP contribution in [0.4, 0.5) is 4.39 Å². The standard InChI is InChI=1S/C18H13FO3/c19-16-15(18(20)21)10-13-8-4-5-9-14(13)17(16)22-11-12-6-2-1-3-7-12/h1-10H,11H2,(H,20,21). The van der Waals surface area contributed by atoms with E-state index in [1.165, 1.54) is 6.07 Å². The van der Waals surface area contributed by atoms with E-state index in [1.807, 2.05) is 30.3 Å². The maximum atomic E-state index is 14.5. The van der Waals surface area contributed by atoms with Crippen molar-refractivity contribution >= 4 is 16.7 Å². The first-order valence-corrected chi connectivity index (χ1v) is 6.78. The number of hydrogen-bond donors (Lipinski definition) is 1. The Morgan fingerprint density at radius 3 is 2.45 bits per heavy atom. The second-order valence-electron chi connectivity index (χ2n) is 4.87. The van der Waals surface area contributed by atoms with Crippen molar-refractivity contribution in [3.63, 3.8) is 0 Å². The lowest BCUT2D eigenvalue weighted by Crippen LogP contribution is -2.05. The van der Waals surface area contributed by atoms with E-state index in [0.717, 1.165) is 5.56 Å². The Hall–Kier alpha value is -2.88. The molecule has 0 radical (unpaired) electrons. The van der Waals surface area contributed by atoms with Gasteiger partial charge in [-0.05, 0) is 17.0 Å². The molecule has 0 unspecified atom stereocenters. The lowest BCUT2D eigenvalue weighted by molar-refractivity contribution is 0.0691. The maximum Gasteiger partial charge on any atom is 0.338 e. The Kier molecular flexibility index (Phi) is 3.74. The van der Waals surface area contributed by atoms with Gasteiger partial charge in [0.25, 0.3) is 0 Å². The Bertz CT molecular complexity index is 828. The number of carboxylic acids is 1. The molecule has 0 bridgehead atoms. The maximum absolute atomic E-state index is 14.5. The molecular formula is C18H13FO3. The summed E-state index contributed by atoms with van der Waals surface area (Å²) >= 11 is 0. The molecule has 3 nitrogen and oxygen atoms in total. The Labute approximate surface area is 126 Å². The van der Waals surface area contributed by atoms with Crippen molar-refractivity contribution in [2.75, 3.05) is 0 Å². The Balaban J connectivity index is 2.06. The molecule has 22 heavy (non-hydrogen) atoms. The minimum atomic E-state index is -1.31. The summed E-state index contributed by atoms with van der Waals surface area (Å²) in [7, 11) is 0. The second-order valence-corrected chi connectivity index (χ2v) is 4.87. The van der Waals surface area contributed by atoms with Crippen LogP contribution in [0.15, 0.2) is 60.7 Å². The van der Waals surface area contributed by atoms with E-state index < -0.39 is 11.8 Å². The quantitative estimate of drug-likeness (QED) is 0.782. The summed E-state index contributed by atoms with van der Waals surface area (Å²) in [5, 5.41) is 10.3. The van der Waals surface area contributed by atoms with E-state index in [1.54, 1.807) is 24.3 Å². The van der Waals surface area contributed by atoms with Crippen molar-refractivity contribution in [3.05, 3.63) is 77.6 Å². The normalized spacial score (nSPS) is 10.6. The summed E-state index contributed by atoms with van der Waals surface area (Å²) < 4.78 is 20.0. The lowest BCUT2D eigenvalue weighted by atomic mass is 10.0. The molecule has 0 aliphatic heterocycles. The van der Waals surface area contributed by atoms with Crippen molar-refractivity contribution in [3.8, 4) is 5.75 Å². The van der Waals surface area contributed by atoms with Crippen LogP contribution >= 0.6 is 0 Å². The lowest BCUT2D eigenvalue weighted by Gasteiger charge is -2.12. The molecule has 0 spiro atoms. The summed E-state index contributed by atoms with van der Waals surface area (Å²) in [5.41, 5.74) is 0.494. The zero-order valence-corrected chi connectivity index (χ0v) is 11.6. The average molecular weight is 296 g/mol. The molecule has 4 heteroatoms. The summed E-state index contributed by atoms with van der Waals surface area (Å²) in [5.74, 6) is -2.19. The minimum absolute atomic E-state index is 0.0284. The van der Waals surface area contributed by atoms with Gasteiger partial charge >= 0.3 is 5.97 Å². The van der Waals surface area contributed by atoms with Crippen LogP contribution in [0.1, 0.15) is 15.9 Å². The van der Waals surface area contributed by atoms with Crippen molar-refractivity contribution in [2.24, 2.45) is 0 Å². The molecule has 1 N–H and O–H groups in total. The molecule has 0 heterocycles. The van der Waals surface area contributed by atoms with Gasteiger partial charge in [-0.15, -0.1) is 0 Å². The Morgan fingerprint density at radius 1 is 1.05 bits per heavy atom. The molecule has 110 valence electrons. The zero-order chi connectivity index (χ0) is 15.5. The van der Waals surface area contributed by atoms with Gasteiger partial charge in [0.2, 0.25) is 0 Å². The molecule has 0 saturated heterocycles. The van der Waals surface area contributed by atoms with Crippen molar-refractivity contribution in [1.29, 1.82) is 0 Å². The number of carboxylic acid groups (broad SMARTS) is 1. The van der Waals surface area contributed by atoms with E-state index in [-0.39, 0.29) is 17.9 Å². The number of benzene rings is 3. The largest absolute Gasteiger partial charge is 0.485 e. The molecule has 3 aromatic carbocycles. The van der Waals surface area contributed by atoms with Crippen LogP contribution in [0.3, 0.4) is 0 Å². The molecular weight excluding hydrogens is 283 g/mol. The van der Waals surface area contributed by atoms with Crippen molar-refractivity contribution in [2.45, 2.75) is 6.61 Å². The molecule has 3 rings (SSSR count). The van der Waals surface area contributed by atoms with Gasteiger partial charge in [0.15, 0.2) is 11.6 Å². The first kappa shape index (κ1) is 14.1. The van der Waals surface area contributed by atoms with E-state index >= 15 is 0 Å². The third kappa shape index (κ3) is 2.63. The highest BCUT2D eigenvalue weighted by Gasteiger charge is 2.19. The number of ether oxygens (including phenoxy) is 1. The average Bonchev–Trinajstić information content (AvgIpc) is 2.54. The van der Waals surface area contributed by atoms with Crippen molar-refractivity contribution < 1.29 is 19.0 Å². The highest BCUT2D eigenvalue weighted by molar-refractivity contribution is 5.98. The summed E-state index contributed by atoms with van der Waals surface area (Å²) in [4.78, 5) is 11.2. The van der Waals surface area contributed by atoms with Crippen LogP contribution in [0, 0.1) is 5.82 Å². The number of aromatic carboxylic acids is 1. The molecule has 0 atom stereocenters. The molecule has 0 aliphatic rings. The van der Waals surface area contributed by atoms with Crippen LogP contribution in [0.25, 0.3) is 10.8 Å². The first-order valence-electron chi connectivity index (χ1n) is 6.78. The molecule has 0 saturated carbocycles. The number of fused-ring (bicyclic) bond motifs is 1. The van der Waals surface area contributed by atoms with Gasteiger partial charge in [-0.25, -0.2) is 9.18 Å². The molecule has 0 fully saturated rings. The van der Waals surface area contributed by atoms with Gasteiger partial charge in [0.1, 0.15) is 6.61 Å². The summed E-state index contributed by atoms with van der Waals surface area (Å²) in [6.07, 6.45) is 0. The zero-order valence-electron chi connectivity index (χ0n) is 11.6. The van der Waals surface area contributed by atoms with Crippen LogP contribution < -0.4 is 4.74 Å². The molecule has 0 amide bonds. The molecule has 0 aliphatic carbocycles. The second kappa shape index (κ2) is 5.85. The minimum Gasteiger partial charge on any atom is -0.485 e. The van der Waals surface area contributed by atoms with Crippen LogP contribution in [-0.4, -0.2) is 11.1 Å². The predicted octanol–water partition coefficient (Wildman–Crippen LogP) is 4.26. The van der Waals surface area contributed by atoms with Crippen LogP contribution in [0.2, 0.25) is 0 Å². The first-order chi connectivity index (χ1) is 10.7. The Morgan fingerprint density at radius 2 is 1.73 bits per heavy atom. The number of halogens is 1. The smallest absolute Gasteiger partial charge is 0.338 e. The van der Waals surface area contributed by atoms with Crippen LogP contribution in [0.5, 0.6) is 5.75 Å². The van der Waals surface area contributed by atoms with Gasteiger partial charge in [0, 0.05) is 5.39 Å².